The van der Waals surface area contributed by atoms with E-state index in [9.17, 15) is 0 Å². The van der Waals surface area contributed by atoms with E-state index in [4.69, 9.17) is 34.7 Å². The Morgan fingerprint density at radius 1 is 0.857 bits per heavy atom. The molecule has 0 bridgehead atoms. The first-order chi connectivity index (χ1) is 4.46. The van der Waals surface area contributed by atoms with E-state index in [-0.39, 0.29) is 118 Å². The second-order valence-corrected chi connectivity index (χ2v) is 0.516. The van der Waals surface area contributed by atoms with Gasteiger partial charge in [0, 0.05) is 0 Å². The van der Waals surface area contributed by atoms with Gasteiger partial charge in [-0.05, 0) is 6.16 Å². The van der Waals surface area contributed by atoms with E-state index in [1.165, 1.54) is 0 Å². The predicted molar refractivity (Wildman–Crippen MR) is 19.3 cm³/mol. The van der Waals surface area contributed by atoms with E-state index < -0.39 is 12.3 Å². The molecule has 0 amide bonds. The Hall–Kier alpha value is 2.79. The van der Waals surface area contributed by atoms with Crippen LogP contribution in [0.15, 0.2) is 0 Å². The van der Waals surface area contributed by atoms with Crippen LogP contribution < -0.4 is 138 Å². The molecule has 0 fully saturated rings. The van der Waals surface area contributed by atoms with Gasteiger partial charge in [-0.3, -0.25) is 0 Å². The van der Waals surface area contributed by atoms with Gasteiger partial charge in [-0.1, -0.05) is 0 Å². The number of rotatable bonds is 0. The third kappa shape index (κ3) is 361. The average Bonchev–Trinajstić information content (AvgIpc) is 1.66. The normalized spacial score (nSPS) is 3.86. The molecule has 0 unspecified atom stereocenters. The second-order valence-electron chi connectivity index (χ2n) is 0.516. The van der Waals surface area contributed by atoms with Crippen LogP contribution in [-0.4, -0.2) is 17.4 Å². The summed E-state index contributed by atoms with van der Waals surface area (Å²) in [5.74, 6) is 0. The second kappa shape index (κ2) is 44.7. The summed E-state index contributed by atoms with van der Waals surface area (Å²) in [5.41, 5.74) is 0. The smallest absolute Gasteiger partial charge is 0.769 e. The van der Waals surface area contributed by atoms with Crippen molar-refractivity contribution in [1.82, 2.24) is 0 Å². The van der Waals surface area contributed by atoms with Crippen molar-refractivity contribution in [3.8, 4) is 0 Å². The van der Waals surface area contributed by atoms with Gasteiger partial charge in [-0.2, -0.15) is 0 Å². The zero-order chi connectivity index (χ0) is 9.15. The van der Waals surface area contributed by atoms with Crippen LogP contribution in [0.25, 0.3) is 0 Å². The number of carbonyl (C=O) groups is 2. The molecule has 0 radical (unpaired) electrons. The molecule has 62 valence electrons. The van der Waals surface area contributed by atoms with Gasteiger partial charge >= 0.3 is 118 Å². The first kappa shape index (κ1) is 43.7. The fourth-order valence-corrected chi connectivity index (χ4v) is 0. The molecule has 0 aromatic rings. The molecule has 14 heavy (non-hydrogen) atoms. The maximum Gasteiger partial charge on any atom is 1.00 e. The maximum absolute atomic E-state index is 8.44. The number of carbonyl (C=O) groups excluding carboxylic acids is 1. The van der Waals surface area contributed by atoms with Crippen molar-refractivity contribution in [2.45, 2.75) is 0 Å². The summed E-state index contributed by atoms with van der Waals surface area (Å²) >= 11 is 3.39. The first-order valence-corrected chi connectivity index (χ1v) is 1.71. The molecule has 0 atom stereocenters. The van der Waals surface area contributed by atoms with Gasteiger partial charge in [0.2, 0.25) is 6.16 Å². The van der Waals surface area contributed by atoms with Crippen LogP contribution in [0.4, 0.5) is 9.59 Å². The summed E-state index contributed by atoms with van der Waals surface area (Å²) in [6.07, 6.45) is -4.42. The molecule has 0 rings (SSSR count). The quantitative estimate of drug-likeness (QED) is 0.427. The fraction of sp³-hybridized carbons (Fsp3) is 0. The van der Waals surface area contributed by atoms with Gasteiger partial charge in [0.05, 0.1) is 0 Å². The number of hydrogen-bond acceptors (Lipinski definition) is 6. The zero-order valence-corrected chi connectivity index (χ0v) is 17.0. The van der Waals surface area contributed by atoms with Gasteiger partial charge in [-0.15, -0.1) is 0 Å². The summed E-state index contributed by atoms with van der Waals surface area (Å²) in [7, 11) is 0. The van der Waals surface area contributed by atoms with E-state index in [0.29, 0.717) is 0 Å². The molecule has 1 N–H and O–H groups in total. The third-order valence-corrected chi connectivity index (χ3v) is 0. The number of carboxylic acid groups (broad SMARTS) is 4. The Morgan fingerprint density at radius 2 is 0.857 bits per heavy atom. The Balaban J connectivity index is -0.00000000957. The van der Waals surface area contributed by atoms with Crippen LogP contribution in [0.1, 0.15) is 0 Å². The molecule has 0 aliphatic heterocycles. The monoisotopic (exact) mass is 264 g/mol. The van der Waals surface area contributed by atoms with E-state index in [0.717, 1.165) is 0 Å². The third-order valence-electron chi connectivity index (χ3n) is 0. The van der Waals surface area contributed by atoms with Crippen molar-refractivity contribution in [3.05, 3.63) is 0 Å². The Labute approximate surface area is 174 Å². The summed E-state index contributed by atoms with van der Waals surface area (Å²) in [5, 5.41) is 32.0. The summed E-state index contributed by atoms with van der Waals surface area (Å²) in [6, 6.07) is 0. The van der Waals surface area contributed by atoms with E-state index >= 15 is 0 Å². The van der Waals surface area contributed by atoms with Gasteiger partial charge in [-0.25, -0.2) is 11.9 Å². The maximum atomic E-state index is 8.44. The molecular weight excluding hydrogens is 263 g/mol. The van der Waals surface area contributed by atoms with Crippen molar-refractivity contribution in [2.24, 2.45) is 0 Å². The van der Waals surface area contributed by atoms with Crippen molar-refractivity contribution in [2.75, 3.05) is 0 Å². The molecule has 0 heterocycles. The van der Waals surface area contributed by atoms with Crippen molar-refractivity contribution >= 4 is 24.2 Å². The first-order valence-electron chi connectivity index (χ1n) is 1.40. The van der Waals surface area contributed by atoms with Gasteiger partial charge in [0.25, 0.3) is 0 Å². The zero-order valence-electron chi connectivity index (χ0n) is 8.27. The van der Waals surface area contributed by atoms with Gasteiger partial charge in [0.1, 0.15) is 0 Å². The largest absolute Gasteiger partial charge is 1.00 e. The van der Waals surface area contributed by atoms with Gasteiger partial charge < -0.3 is 34.7 Å². The van der Waals surface area contributed by atoms with Crippen LogP contribution >= 0.6 is 11.9 Å². The molecule has 7 nitrogen and oxygen atoms in total. The summed E-state index contributed by atoms with van der Waals surface area (Å²) in [6.45, 7) is 0. The Bertz CT molecular complexity index is 81.7. The van der Waals surface area contributed by atoms with Crippen LogP contribution in [0.3, 0.4) is 0 Å². The molecule has 0 saturated carbocycles. The molecule has 0 aliphatic rings. The summed E-state index contributed by atoms with van der Waals surface area (Å²) < 4.78 is 7.72. The van der Waals surface area contributed by atoms with Crippen LogP contribution in [0.2, 0.25) is 0 Å². The minimum absolute atomic E-state index is 0. The Morgan fingerprint density at radius 3 is 0.857 bits per heavy atom. The minimum atomic E-state index is -2.33. The summed E-state index contributed by atoms with van der Waals surface area (Å²) in [4.78, 5) is 16.8. The van der Waals surface area contributed by atoms with Crippen molar-refractivity contribution in [3.63, 3.8) is 0 Å². The van der Waals surface area contributed by atoms with E-state index in [2.05, 4.69) is 11.9 Å². The van der Waals surface area contributed by atoms with E-state index in [1.807, 2.05) is 0 Å². The van der Waals surface area contributed by atoms with Crippen LogP contribution in [-0.2, 0) is 0 Å². The number of halogens is 1. The molecule has 0 aromatic carbocycles. The van der Waals surface area contributed by atoms with Crippen LogP contribution in [0, 0.1) is 0 Å². The minimum Gasteiger partial charge on any atom is -0.769 e. The molecule has 0 aliphatic carbocycles. The average molecular weight is 264 g/mol. The van der Waals surface area contributed by atoms with Crippen LogP contribution in [0.5, 0.6) is 0 Å². The topological polar surface area (TPSA) is 147 Å². The van der Waals surface area contributed by atoms with Gasteiger partial charge in [0.15, 0.2) is 0 Å². The predicted octanol–water partition coefficient (Wildman–Crippen LogP) is -16.0. The molecule has 0 spiro atoms. The van der Waals surface area contributed by atoms with E-state index in [1.54, 1.807) is 0 Å². The number of hydrogen-bond donors (Lipinski definition) is 1. The molecular formula is C2HClNa4O7. The fourth-order valence-electron chi connectivity index (χ4n) is 0. The molecule has 0 aromatic heterocycles. The van der Waals surface area contributed by atoms with Crippen molar-refractivity contribution in [1.29, 1.82) is 0 Å². The SMILES string of the molecule is O=C([O-])O.O=C([O-])[O-].[Na+].[Na+].[Na+].[Na+].[O-]Cl. The molecule has 0 saturated heterocycles. The van der Waals surface area contributed by atoms with Crippen molar-refractivity contribution < 1.29 is 153 Å². The Kier molecular flexibility index (Phi) is 139. The molecule has 12 heteroatoms. The standard InChI is InChI=1S/2CH2O3.ClO.4Na/c2*2-1(3)4;1-2;;;;/h2*(H2,2,3,4);;;;;/q;;-1;4*+1/p-3.